The zero-order valence-electron chi connectivity index (χ0n) is 14.5. The van der Waals surface area contributed by atoms with Gasteiger partial charge >= 0.3 is 0 Å². The number of allylic oxidation sites excluding steroid dienone is 2. The molecule has 2 fully saturated rings. The Labute approximate surface area is 149 Å². The third kappa shape index (κ3) is 2.56. The van der Waals surface area contributed by atoms with Crippen LogP contribution in [0.15, 0.2) is 72.8 Å². The summed E-state index contributed by atoms with van der Waals surface area (Å²) in [4.78, 5) is 0. The summed E-state index contributed by atoms with van der Waals surface area (Å²) in [7, 11) is 0. The van der Waals surface area contributed by atoms with Gasteiger partial charge in [0.15, 0.2) is 6.29 Å². The first-order valence-corrected chi connectivity index (χ1v) is 9.40. The average molecular weight is 332 g/mol. The highest BCUT2D eigenvalue weighted by atomic mass is 16.7. The molecule has 2 heteroatoms. The van der Waals surface area contributed by atoms with Crippen LogP contribution >= 0.6 is 0 Å². The molecule has 1 saturated carbocycles. The summed E-state index contributed by atoms with van der Waals surface area (Å²) in [5.74, 6) is 2.41. The van der Waals surface area contributed by atoms with Crippen LogP contribution in [0.4, 0.5) is 0 Å². The van der Waals surface area contributed by atoms with E-state index in [1.807, 2.05) is 0 Å². The summed E-state index contributed by atoms with van der Waals surface area (Å²) in [6, 6.07) is 21.0. The minimum atomic E-state index is -0.120. The van der Waals surface area contributed by atoms with Gasteiger partial charge in [-0.15, -0.1) is 0 Å². The Balaban J connectivity index is 1.48. The van der Waals surface area contributed by atoms with Crippen LogP contribution in [-0.2, 0) is 9.47 Å². The van der Waals surface area contributed by atoms with Gasteiger partial charge in [-0.1, -0.05) is 79.7 Å². The molecule has 1 heterocycles. The number of benzene rings is 2. The predicted octanol–water partition coefficient (Wildman–Crippen LogP) is 5.30. The van der Waals surface area contributed by atoms with Crippen LogP contribution in [0.1, 0.15) is 36.7 Å². The molecule has 1 aliphatic heterocycles. The Bertz CT molecular complexity index is 707. The lowest BCUT2D eigenvalue weighted by molar-refractivity contribution is -0.122. The van der Waals surface area contributed by atoms with Crippen molar-refractivity contribution >= 4 is 0 Å². The Morgan fingerprint density at radius 2 is 1.24 bits per heavy atom. The Morgan fingerprint density at radius 3 is 1.72 bits per heavy atom. The van der Waals surface area contributed by atoms with Crippen LogP contribution in [-0.4, -0.2) is 6.29 Å². The lowest BCUT2D eigenvalue weighted by Gasteiger charge is -2.29. The van der Waals surface area contributed by atoms with E-state index >= 15 is 0 Å². The number of hydrogen-bond donors (Lipinski definition) is 0. The Kier molecular flexibility index (Phi) is 3.76. The Morgan fingerprint density at radius 1 is 0.720 bits per heavy atom. The van der Waals surface area contributed by atoms with Crippen LogP contribution in [0.5, 0.6) is 0 Å². The molecule has 25 heavy (non-hydrogen) atoms. The fraction of sp³-hybridized carbons (Fsp3) is 0.391. The molecule has 128 valence electrons. The SMILES string of the molecule is C[C@H]1[C@H](C2O[C@@H](c3ccccc3)[C@H](c3ccccc3)O2)[C@@H]2C=C[C@H]1C2. The highest BCUT2D eigenvalue weighted by Crippen LogP contribution is 2.54. The summed E-state index contributed by atoms with van der Waals surface area (Å²) in [6.07, 6.45) is 5.85. The second kappa shape index (κ2) is 6.12. The summed E-state index contributed by atoms with van der Waals surface area (Å²) >= 11 is 0. The molecule has 2 bridgehead atoms. The van der Waals surface area contributed by atoms with E-state index in [2.05, 4.69) is 79.7 Å². The van der Waals surface area contributed by atoms with E-state index < -0.39 is 0 Å². The molecule has 0 aromatic heterocycles. The van der Waals surface area contributed by atoms with Crippen molar-refractivity contribution in [3.05, 3.63) is 83.9 Å². The molecule has 0 spiro atoms. The minimum Gasteiger partial charge on any atom is -0.341 e. The van der Waals surface area contributed by atoms with Crippen LogP contribution in [0.3, 0.4) is 0 Å². The summed E-state index contributed by atoms with van der Waals surface area (Å²) in [5.41, 5.74) is 2.40. The van der Waals surface area contributed by atoms with Gasteiger partial charge in [0.1, 0.15) is 12.2 Å². The van der Waals surface area contributed by atoms with Crippen molar-refractivity contribution in [2.24, 2.45) is 23.7 Å². The molecule has 0 amide bonds. The maximum atomic E-state index is 6.57. The number of rotatable bonds is 3. The summed E-state index contributed by atoms with van der Waals surface area (Å²) in [5, 5.41) is 0. The molecular weight excluding hydrogens is 308 g/mol. The second-order valence-electron chi connectivity index (χ2n) is 7.69. The summed E-state index contributed by atoms with van der Waals surface area (Å²) in [6.45, 7) is 2.36. The van der Waals surface area contributed by atoms with E-state index in [4.69, 9.17) is 9.47 Å². The van der Waals surface area contributed by atoms with Crippen LogP contribution < -0.4 is 0 Å². The Hall–Kier alpha value is -1.90. The normalized spacial score (nSPS) is 37.0. The van der Waals surface area contributed by atoms with Gasteiger partial charge in [0.25, 0.3) is 0 Å². The molecule has 2 aliphatic carbocycles. The fourth-order valence-electron chi connectivity index (χ4n) is 4.99. The number of fused-ring (bicyclic) bond motifs is 2. The predicted molar refractivity (Wildman–Crippen MR) is 97.7 cm³/mol. The third-order valence-corrected chi connectivity index (χ3v) is 6.33. The quantitative estimate of drug-likeness (QED) is 0.710. The molecule has 1 saturated heterocycles. The number of ether oxygens (including phenoxy) is 2. The van der Waals surface area contributed by atoms with E-state index in [-0.39, 0.29) is 18.5 Å². The fourth-order valence-corrected chi connectivity index (χ4v) is 4.99. The maximum Gasteiger partial charge on any atom is 0.163 e. The van der Waals surface area contributed by atoms with Gasteiger partial charge < -0.3 is 9.47 Å². The summed E-state index contributed by atoms with van der Waals surface area (Å²) < 4.78 is 13.1. The molecule has 0 radical (unpaired) electrons. The first-order valence-electron chi connectivity index (χ1n) is 9.40. The highest BCUT2D eigenvalue weighted by molar-refractivity contribution is 5.26. The van der Waals surface area contributed by atoms with E-state index in [1.165, 1.54) is 17.5 Å². The molecule has 5 rings (SSSR count). The van der Waals surface area contributed by atoms with E-state index in [0.717, 1.165) is 0 Å². The van der Waals surface area contributed by atoms with Gasteiger partial charge in [-0.2, -0.15) is 0 Å². The van der Waals surface area contributed by atoms with Crippen molar-refractivity contribution in [3.8, 4) is 0 Å². The van der Waals surface area contributed by atoms with Gasteiger partial charge in [0.2, 0.25) is 0 Å². The van der Waals surface area contributed by atoms with Gasteiger partial charge in [0.05, 0.1) is 0 Å². The zero-order valence-corrected chi connectivity index (χ0v) is 14.5. The molecule has 6 atom stereocenters. The van der Waals surface area contributed by atoms with Crippen LogP contribution in [0, 0.1) is 23.7 Å². The topological polar surface area (TPSA) is 18.5 Å². The van der Waals surface area contributed by atoms with Crippen molar-refractivity contribution < 1.29 is 9.47 Å². The first-order chi connectivity index (χ1) is 12.3. The lowest BCUT2D eigenvalue weighted by Crippen LogP contribution is -2.30. The molecule has 0 N–H and O–H groups in total. The molecule has 2 nitrogen and oxygen atoms in total. The van der Waals surface area contributed by atoms with Crippen molar-refractivity contribution in [1.82, 2.24) is 0 Å². The van der Waals surface area contributed by atoms with E-state index in [9.17, 15) is 0 Å². The van der Waals surface area contributed by atoms with Crippen LogP contribution in [0.25, 0.3) is 0 Å². The molecular formula is C23H24O2. The lowest BCUT2D eigenvalue weighted by atomic mass is 9.84. The van der Waals surface area contributed by atoms with Crippen LogP contribution in [0.2, 0.25) is 0 Å². The van der Waals surface area contributed by atoms with Crippen molar-refractivity contribution in [3.63, 3.8) is 0 Å². The standard InChI is InChI=1S/C23H24O2/c1-15-18-12-13-19(14-18)20(15)23-24-21(16-8-4-2-5-9-16)22(25-23)17-10-6-3-7-11-17/h2-13,15,18-23H,14H2,1H3/t15-,18+,19-,20+,21+,22+/m1/s1. The van der Waals surface area contributed by atoms with Gasteiger partial charge in [-0.25, -0.2) is 0 Å². The third-order valence-electron chi connectivity index (χ3n) is 6.33. The molecule has 2 aromatic carbocycles. The van der Waals surface area contributed by atoms with Gasteiger partial charge in [0, 0.05) is 5.92 Å². The monoisotopic (exact) mass is 332 g/mol. The maximum absolute atomic E-state index is 6.57. The van der Waals surface area contributed by atoms with Gasteiger partial charge in [-0.3, -0.25) is 0 Å². The highest BCUT2D eigenvalue weighted by Gasteiger charge is 2.51. The second-order valence-corrected chi connectivity index (χ2v) is 7.69. The van der Waals surface area contributed by atoms with Gasteiger partial charge in [-0.05, 0) is 35.3 Å². The zero-order chi connectivity index (χ0) is 16.8. The minimum absolute atomic E-state index is 0.0380. The van der Waals surface area contributed by atoms with Crippen molar-refractivity contribution in [2.75, 3.05) is 0 Å². The van der Waals surface area contributed by atoms with E-state index in [1.54, 1.807) is 0 Å². The molecule has 0 unspecified atom stereocenters. The van der Waals surface area contributed by atoms with Crippen molar-refractivity contribution in [2.45, 2.75) is 31.8 Å². The van der Waals surface area contributed by atoms with Crippen molar-refractivity contribution in [1.29, 1.82) is 0 Å². The first kappa shape index (κ1) is 15.4. The molecule has 3 aliphatic rings. The average Bonchev–Trinajstić information content (AvgIpc) is 3.37. The van der Waals surface area contributed by atoms with E-state index in [0.29, 0.717) is 23.7 Å². The largest absolute Gasteiger partial charge is 0.341 e. The molecule has 2 aromatic rings. The smallest absolute Gasteiger partial charge is 0.163 e. The number of hydrogen-bond acceptors (Lipinski definition) is 2.